The lowest BCUT2D eigenvalue weighted by Gasteiger charge is -2.61. The largest absolute Gasteiger partial charge is 0.370 e. The average molecular weight is 468 g/mol. The Morgan fingerprint density at radius 1 is 1.09 bits per heavy atom. The minimum Gasteiger partial charge on any atom is -0.370 e. The molecule has 34 heavy (non-hydrogen) atoms. The van der Waals surface area contributed by atoms with Gasteiger partial charge in [-0.3, -0.25) is 34.2 Å². The van der Waals surface area contributed by atoms with Gasteiger partial charge in [-0.25, -0.2) is 0 Å². The lowest BCUT2D eigenvalue weighted by Crippen LogP contribution is -2.72. The molecule has 0 saturated carbocycles. The van der Waals surface area contributed by atoms with Crippen LogP contribution in [0.1, 0.15) is 53.3 Å². The van der Waals surface area contributed by atoms with E-state index in [1.807, 2.05) is 13.0 Å². The van der Waals surface area contributed by atoms with E-state index in [1.54, 1.807) is 12.1 Å². The summed E-state index contributed by atoms with van der Waals surface area (Å²) in [6.45, 7) is 7.24. The monoisotopic (exact) mass is 467 g/mol. The molecule has 3 saturated heterocycles. The van der Waals surface area contributed by atoms with Crippen LogP contribution >= 0.6 is 0 Å². The molecule has 2 N–H and O–H groups in total. The summed E-state index contributed by atoms with van der Waals surface area (Å²) in [6.07, 6.45) is 1.68. The fourth-order valence-corrected chi connectivity index (χ4v) is 5.53. The summed E-state index contributed by atoms with van der Waals surface area (Å²) in [5, 5.41) is 5.16. The zero-order valence-corrected chi connectivity index (χ0v) is 19.3. The number of rotatable bonds is 7. The van der Waals surface area contributed by atoms with Crippen molar-refractivity contribution >= 4 is 35.2 Å². The highest BCUT2D eigenvalue weighted by atomic mass is 16.2. The molecular formula is C24H29N5O5. The first-order valence-electron chi connectivity index (χ1n) is 11.9. The molecule has 1 aromatic carbocycles. The molecule has 4 aliphatic rings. The summed E-state index contributed by atoms with van der Waals surface area (Å²) in [6, 6.07) is 4.31. The Morgan fingerprint density at radius 2 is 1.82 bits per heavy atom. The van der Waals surface area contributed by atoms with Gasteiger partial charge in [0, 0.05) is 63.2 Å². The van der Waals surface area contributed by atoms with Gasteiger partial charge in [0.1, 0.15) is 6.04 Å². The fraction of sp³-hybridized carbons (Fsp3) is 0.542. The third kappa shape index (κ3) is 3.85. The third-order valence-electron chi connectivity index (χ3n) is 7.19. The topological polar surface area (TPSA) is 119 Å². The summed E-state index contributed by atoms with van der Waals surface area (Å²) < 4.78 is 0. The van der Waals surface area contributed by atoms with Crippen LogP contribution in [0, 0.1) is 5.41 Å². The predicted molar refractivity (Wildman–Crippen MR) is 122 cm³/mol. The van der Waals surface area contributed by atoms with Crippen molar-refractivity contribution in [3.05, 3.63) is 29.3 Å². The standard InChI is InChI=1S/C24H29N5O5/c1-2-3-19(30)25-8-9-27-11-24(12-27)13-28(14-24)15-4-5-16-17(10-15)23(34)29(22(16)33)18-6-7-20(31)26-21(18)32/h4-5,10,18H,2-3,6-9,11-14H2,1H3,(H,25,30)(H,26,31,32). The predicted octanol–water partition coefficient (Wildman–Crippen LogP) is 0.126. The first kappa shape index (κ1) is 22.5. The molecule has 0 bridgehead atoms. The van der Waals surface area contributed by atoms with Crippen LogP contribution in [-0.4, -0.2) is 84.6 Å². The number of nitrogens with zero attached hydrogens (tertiary/aromatic N) is 3. The molecule has 1 spiro atoms. The number of nitrogens with one attached hydrogen (secondary N) is 2. The Hall–Kier alpha value is -3.27. The van der Waals surface area contributed by atoms with Gasteiger partial charge in [-0.15, -0.1) is 0 Å². The number of carbonyl (C=O) groups is 5. The zero-order valence-electron chi connectivity index (χ0n) is 19.3. The van der Waals surface area contributed by atoms with Crippen LogP contribution in [0.2, 0.25) is 0 Å². The molecule has 10 heteroatoms. The van der Waals surface area contributed by atoms with E-state index in [1.165, 1.54) is 0 Å². The second-order valence-corrected chi connectivity index (χ2v) is 9.84. The Kier molecular flexibility index (Phi) is 5.63. The van der Waals surface area contributed by atoms with Gasteiger partial charge in [0.15, 0.2) is 0 Å². The molecular weight excluding hydrogens is 438 g/mol. The molecule has 1 aromatic rings. The molecule has 1 atom stereocenters. The normalized spacial score (nSPS) is 23.5. The van der Waals surface area contributed by atoms with Crippen molar-refractivity contribution in [3.63, 3.8) is 0 Å². The zero-order chi connectivity index (χ0) is 24.0. The highest BCUT2D eigenvalue weighted by Gasteiger charge is 2.52. The van der Waals surface area contributed by atoms with Crippen LogP contribution in [0.4, 0.5) is 5.69 Å². The van der Waals surface area contributed by atoms with E-state index >= 15 is 0 Å². The van der Waals surface area contributed by atoms with Gasteiger partial charge >= 0.3 is 0 Å². The van der Waals surface area contributed by atoms with Crippen LogP contribution in [0.15, 0.2) is 18.2 Å². The number of amides is 5. The third-order valence-corrected chi connectivity index (χ3v) is 7.19. The highest BCUT2D eigenvalue weighted by Crippen LogP contribution is 2.42. The average Bonchev–Trinajstić information content (AvgIpc) is 2.98. The first-order valence-corrected chi connectivity index (χ1v) is 11.9. The summed E-state index contributed by atoms with van der Waals surface area (Å²) >= 11 is 0. The molecule has 5 amide bonds. The molecule has 0 aromatic heterocycles. The Balaban J connectivity index is 1.16. The maximum absolute atomic E-state index is 13.0. The SMILES string of the molecule is CCCC(=O)NCCN1CC2(C1)CN(c1ccc3c(c1)C(=O)N(C1CCC(=O)NC1=O)C3=O)C2. The maximum Gasteiger partial charge on any atom is 0.262 e. The molecule has 0 aliphatic carbocycles. The number of fused-ring (bicyclic) bond motifs is 1. The van der Waals surface area contributed by atoms with Gasteiger partial charge in [0.2, 0.25) is 17.7 Å². The quantitative estimate of drug-likeness (QED) is 0.547. The number of hydrogen-bond acceptors (Lipinski definition) is 7. The van der Waals surface area contributed by atoms with E-state index in [0.717, 1.165) is 49.7 Å². The van der Waals surface area contributed by atoms with E-state index in [2.05, 4.69) is 20.4 Å². The van der Waals surface area contributed by atoms with Gasteiger partial charge in [0.25, 0.3) is 11.8 Å². The number of carbonyl (C=O) groups excluding carboxylic acids is 5. The Morgan fingerprint density at radius 3 is 2.53 bits per heavy atom. The second kappa shape index (κ2) is 8.50. The van der Waals surface area contributed by atoms with E-state index in [9.17, 15) is 24.0 Å². The van der Waals surface area contributed by atoms with Gasteiger partial charge in [-0.2, -0.15) is 0 Å². The first-order chi connectivity index (χ1) is 16.3. The lowest BCUT2D eigenvalue weighted by atomic mass is 9.72. The second-order valence-electron chi connectivity index (χ2n) is 9.84. The molecule has 4 heterocycles. The summed E-state index contributed by atoms with van der Waals surface area (Å²) in [4.78, 5) is 66.6. The van der Waals surface area contributed by atoms with Crippen molar-refractivity contribution in [3.8, 4) is 0 Å². The van der Waals surface area contributed by atoms with E-state index in [0.29, 0.717) is 24.1 Å². The van der Waals surface area contributed by atoms with Crippen LogP contribution in [0.25, 0.3) is 0 Å². The lowest BCUT2D eigenvalue weighted by molar-refractivity contribution is -0.136. The van der Waals surface area contributed by atoms with E-state index in [-0.39, 0.29) is 30.1 Å². The van der Waals surface area contributed by atoms with Crippen LogP contribution < -0.4 is 15.5 Å². The molecule has 1 unspecified atom stereocenters. The van der Waals surface area contributed by atoms with Crippen molar-refractivity contribution in [2.45, 2.75) is 38.6 Å². The number of anilines is 1. The number of likely N-dealkylation sites (tertiary alicyclic amines) is 1. The van der Waals surface area contributed by atoms with Gasteiger partial charge < -0.3 is 15.1 Å². The number of imide groups is 2. The number of piperidine rings is 1. The van der Waals surface area contributed by atoms with Crippen LogP contribution in [-0.2, 0) is 14.4 Å². The summed E-state index contributed by atoms with van der Waals surface area (Å²) in [5.74, 6) is -1.85. The smallest absolute Gasteiger partial charge is 0.262 e. The van der Waals surface area contributed by atoms with Gasteiger partial charge in [-0.1, -0.05) is 6.92 Å². The van der Waals surface area contributed by atoms with Crippen molar-refractivity contribution in [1.82, 2.24) is 20.4 Å². The molecule has 10 nitrogen and oxygen atoms in total. The van der Waals surface area contributed by atoms with Crippen molar-refractivity contribution in [1.29, 1.82) is 0 Å². The summed E-state index contributed by atoms with van der Waals surface area (Å²) in [5.41, 5.74) is 1.74. The van der Waals surface area contributed by atoms with Crippen molar-refractivity contribution in [2.24, 2.45) is 5.41 Å². The number of benzene rings is 1. The Bertz CT molecular complexity index is 1070. The van der Waals surface area contributed by atoms with Gasteiger partial charge in [-0.05, 0) is 31.0 Å². The molecule has 5 rings (SSSR count). The minimum absolute atomic E-state index is 0.104. The van der Waals surface area contributed by atoms with Crippen LogP contribution in [0.3, 0.4) is 0 Å². The van der Waals surface area contributed by atoms with E-state index in [4.69, 9.17) is 0 Å². The molecule has 180 valence electrons. The van der Waals surface area contributed by atoms with E-state index < -0.39 is 23.8 Å². The molecule has 0 radical (unpaired) electrons. The number of hydrogen-bond donors (Lipinski definition) is 2. The summed E-state index contributed by atoms with van der Waals surface area (Å²) in [7, 11) is 0. The minimum atomic E-state index is -0.950. The Labute approximate surface area is 197 Å². The van der Waals surface area contributed by atoms with Crippen molar-refractivity contribution in [2.75, 3.05) is 44.2 Å². The van der Waals surface area contributed by atoms with Crippen LogP contribution in [0.5, 0.6) is 0 Å². The van der Waals surface area contributed by atoms with Gasteiger partial charge in [0.05, 0.1) is 11.1 Å². The highest BCUT2D eigenvalue weighted by molar-refractivity contribution is 6.23. The fourth-order valence-electron chi connectivity index (χ4n) is 5.53. The molecule has 4 aliphatic heterocycles. The van der Waals surface area contributed by atoms with Crippen molar-refractivity contribution < 1.29 is 24.0 Å². The molecule has 3 fully saturated rings. The maximum atomic E-state index is 13.0.